The van der Waals surface area contributed by atoms with Crippen molar-refractivity contribution in [1.82, 2.24) is 20.3 Å². The predicted molar refractivity (Wildman–Crippen MR) is 119 cm³/mol. The average molecular weight is 433 g/mol. The van der Waals surface area contributed by atoms with E-state index in [4.69, 9.17) is 0 Å². The Balaban J connectivity index is 1.44. The van der Waals surface area contributed by atoms with E-state index in [0.29, 0.717) is 34.2 Å². The van der Waals surface area contributed by atoms with Crippen molar-refractivity contribution in [2.24, 2.45) is 0 Å². The normalized spacial score (nSPS) is 10.8. The third-order valence-electron chi connectivity index (χ3n) is 4.79. The van der Waals surface area contributed by atoms with Crippen LogP contribution in [0.15, 0.2) is 67.0 Å². The van der Waals surface area contributed by atoms with Gasteiger partial charge in [0.25, 0.3) is 5.91 Å². The van der Waals surface area contributed by atoms with Crippen molar-refractivity contribution in [2.45, 2.75) is 26.3 Å². The first-order chi connectivity index (χ1) is 15.1. The molecule has 0 radical (unpaired) electrons. The number of thiazole rings is 1. The molecule has 2 heterocycles. The summed E-state index contributed by atoms with van der Waals surface area (Å²) in [5, 5.41) is 3.61. The molecular formula is C24H21FN4OS. The summed E-state index contributed by atoms with van der Waals surface area (Å²) < 4.78 is 13.1. The summed E-state index contributed by atoms with van der Waals surface area (Å²) in [7, 11) is 0. The minimum atomic E-state index is -0.242. The molecule has 0 aliphatic carbocycles. The Morgan fingerprint density at radius 2 is 1.74 bits per heavy atom. The van der Waals surface area contributed by atoms with Gasteiger partial charge in [-0.05, 0) is 43.0 Å². The van der Waals surface area contributed by atoms with Crippen LogP contribution in [0.1, 0.15) is 32.2 Å². The maximum absolute atomic E-state index is 13.1. The number of aryl methyl sites for hydroxylation is 3. The van der Waals surface area contributed by atoms with Crippen molar-refractivity contribution < 1.29 is 9.18 Å². The largest absolute Gasteiger partial charge is 0.347 e. The lowest BCUT2D eigenvalue weighted by Crippen LogP contribution is -2.22. The van der Waals surface area contributed by atoms with Gasteiger partial charge in [0.2, 0.25) is 0 Å². The molecule has 0 unspecified atom stereocenters. The van der Waals surface area contributed by atoms with Crippen LogP contribution in [0.2, 0.25) is 0 Å². The fourth-order valence-electron chi connectivity index (χ4n) is 3.13. The average Bonchev–Trinajstić information content (AvgIpc) is 3.20. The maximum Gasteiger partial charge on any atom is 0.263 e. The van der Waals surface area contributed by atoms with Gasteiger partial charge in [-0.3, -0.25) is 9.78 Å². The number of carbonyl (C=O) groups excluding carboxylic acids is 1. The number of hydrogen-bond acceptors (Lipinski definition) is 5. The molecule has 5 nitrogen and oxygen atoms in total. The summed E-state index contributed by atoms with van der Waals surface area (Å²) in [4.78, 5) is 26.7. The number of nitrogens with one attached hydrogen (secondary N) is 1. The first-order valence-electron chi connectivity index (χ1n) is 9.94. The van der Waals surface area contributed by atoms with Crippen LogP contribution >= 0.6 is 11.3 Å². The SMILES string of the molecule is Cc1nc(-c2cncc(CCc3ccc(F)cc3)n2)sc1C(=O)NCc1ccccc1. The van der Waals surface area contributed by atoms with E-state index in [2.05, 4.69) is 20.3 Å². The van der Waals surface area contributed by atoms with Gasteiger partial charge in [0, 0.05) is 12.7 Å². The van der Waals surface area contributed by atoms with Crippen molar-refractivity contribution in [3.63, 3.8) is 0 Å². The summed E-state index contributed by atoms with van der Waals surface area (Å²) in [6, 6.07) is 16.2. The minimum absolute atomic E-state index is 0.148. The molecule has 1 amide bonds. The fourth-order valence-corrected chi connectivity index (χ4v) is 4.07. The highest BCUT2D eigenvalue weighted by atomic mass is 32.1. The van der Waals surface area contributed by atoms with Crippen molar-refractivity contribution >= 4 is 17.2 Å². The van der Waals surface area contributed by atoms with Gasteiger partial charge < -0.3 is 5.32 Å². The van der Waals surface area contributed by atoms with E-state index in [9.17, 15) is 9.18 Å². The van der Waals surface area contributed by atoms with Crippen molar-refractivity contribution in [3.05, 3.63) is 100 Å². The van der Waals surface area contributed by atoms with Gasteiger partial charge in [0.1, 0.15) is 21.4 Å². The Morgan fingerprint density at radius 3 is 2.52 bits per heavy atom. The van der Waals surface area contributed by atoms with Gasteiger partial charge in [-0.1, -0.05) is 42.5 Å². The lowest BCUT2D eigenvalue weighted by Gasteiger charge is -2.04. The van der Waals surface area contributed by atoms with Crippen molar-refractivity contribution in [1.29, 1.82) is 0 Å². The molecule has 0 aliphatic heterocycles. The lowest BCUT2D eigenvalue weighted by molar-refractivity contribution is 0.0954. The van der Waals surface area contributed by atoms with E-state index in [-0.39, 0.29) is 11.7 Å². The highest BCUT2D eigenvalue weighted by Crippen LogP contribution is 2.26. The molecule has 1 N–H and O–H groups in total. The topological polar surface area (TPSA) is 67.8 Å². The van der Waals surface area contributed by atoms with Gasteiger partial charge >= 0.3 is 0 Å². The molecule has 7 heteroatoms. The van der Waals surface area contributed by atoms with Crippen LogP contribution in [-0.4, -0.2) is 20.9 Å². The van der Waals surface area contributed by atoms with E-state index in [1.807, 2.05) is 37.3 Å². The van der Waals surface area contributed by atoms with Gasteiger partial charge in [-0.25, -0.2) is 14.4 Å². The maximum atomic E-state index is 13.1. The zero-order valence-corrected chi connectivity index (χ0v) is 17.8. The molecule has 2 aromatic heterocycles. The van der Waals surface area contributed by atoms with E-state index < -0.39 is 0 Å². The summed E-state index contributed by atoms with van der Waals surface area (Å²) in [5.41, 5.74) is 4.22. The van der Waals surface area contributed by atoms with Crippen molar-refractivity contribution in [3.8, 4) is 10.7 Å². The molecule has 0 fully saturated rings. The first kappa shape index (κ1) is 20.8. The number of benzene rings is 2. The second-order valence-electron chi connectivity index (χ2n) is 7.12. The van der Waals surface area contributed by atoms with Crippen LogP contribution in [0.25, 0.3) is 10.7 Å². The molecule has 0 aliphatic rings. The van der Waals surface area contributed by atoms with Gasteiger partial charge in [-0.2, -0.15) is 0 Å². The number of nitrogens with zero attached hydrogens (tertiary/aromatic N) is 3. The van der Waals surface area contributed by atoms with Crippen LogP contribution in [-0.2, 0) is 19.4 Å². The van der Waals surface area contributed by atoms with Crippen LogP contribution in [0.5, 0.6) is 0 Å². The molecular weight excluding hydrogens is 411 g/mol. The lowest BCUT2D eigenvalue weighted by atomic mass is 10.1. The summed E-state index contributed by atoms with van der Waals surface area (Å²) >= 11 is 1.31. The third kappa shape index (κ3) is 5.38. The molecule has 0 spiro atoms. The third-order valence-corrected chi connectivity index (χ3v) is 5.96. The fraction of sp³-hybridized carbons (Fsp3) is 0.167. The Bertz CT molecular complexity index is 1180. The number of rotatable bonds is 7. The zero-order valence-electron chi connectivity index (χ0n) is 17.0. The van der Waals surface area contributed by atoms with E-state index >= 15 is 0 Å². The quantitative estimate of drug-likeness (QED) is 0.457. The van der Waals surface area contributed by atoms with Gasteiger partial charge in [0.15, 0.2) is 0 Å². The second-order valence-corrected chi connectivity index (χ2v) is 8.12. The molecule has 0 saturated carbocycles. The molecule has 4 rings (SSSR count). The van der Waals surface area contributed by atoms with E-state index in [0.717, 1.165) is 23.2 Å². The monoisotopic (exact) mass is 432 g/mol. The zero-order chi connectivity index (χ0) is 21.6. The molecule has 2 aromatic carbocycles. The Morgan fingerprint density at radius 1 is 0.968 bits per heavy atom. The number of carbonyl (C=O) groups is 1. The highest BCUT2D eigenvalue weighted by Gasteiger charge is 2.17. The Labute approximate surface area is 184 Å². The molecule has 156 valence electrons. The minimum Gasteiger partial charge on any atom is -0.347 e. The van der Waals surface area contributed by atoms with Crippen LogP contribution < -0.4 is 5.32 Å². The van der Waals surface area contributed by atoms with Crippen LogP contribution in [0.3, 0.4) is 0 Å². The molecule has 0 bridgehead atoms. The number of halogens is 1. The van der Waals surface area contributed by atoms with Crippen LogP contribution in [0.4, 0.5) is 4.39 Å². The van der Waals surface area contributed by atoms with Crippen molar-refractivity contribution in [2.75, 3.05) is 0 Å². The number of hydrogen-bond donors (Lipinski definition) is 1. The van der Waals surface area contributed by atoms with E-state index in [1.54, 1.807) is 24.5 Å². The predicted octanol–water partition coefficient (Wildman–Crippen LogP) is 4.76. The number of amides is 1. The Hall–Kier alpha value is -3.45. The smallest absolute Gasteiger partial charge is 0.263 e. The van der Waals surface area contributed by atoms with Crippen LogP contribution in [0, 0.1) is 12.7 Å². The standard InChI is InChI=1S/C24H21FN4OS/c1-16-22(23(30)27-13-18-5-3-2-4-6-18)31-24(28-16)21-15-26-14-20(29-21)12-9-17-7-10-19(25)11-8-17/h2-8,10-11,14-15H,9,12-13H2,1H3,(H,27,30). The molecule has 0 saturated heterocycles. The highest BCUT2D eigenvalue weighted by molar-refractivity contribution is 7.17. The van der Waals surface area contributed by atoms with E-state index in [1.165, 1.54) is 23.5 Å². The molecule has 4 aromatic rings. The van der Waals surface area contributed by atoms with Gasteiger partial charge in [0.05, 0.1) is 17.6 Å². The molecule has 0 atom stereocenters. The summed E-state index contributed by atoms with van der Waals surface area (Å²) in [6.45, 7) is 2.29. The number of aromatic nitrogens is 3. The molecule has 31 heavy (non-hydrogen) atoms. The second kappa shape index (κ2) is 9.57. The van der Waals surface area contributed by atoms with Gasteiger partial charge in [-0.15, -0.1) is 11.3 Å². The Kier molecular flexibility index (Phi) is 6.43. The first-order valence-corrected chi connectivity index (χ1v) is 10.8. The summed E-state index contributed by atoms with van der Waals surface area (Å²) in [6.07, 6.45) is 4.80. The summed E-state index contributed by atoms with van der Waals surface area (Å²) in [5.74, 6) is -0.390.